The van der Waals surface area contributed by atoms with Crippen molar-refractivity contribution in [3.05, 3.63) is 41.7 Å². The van der Waals surface area contributed by atoms with Crippen LogP contribution in [-0.4, -0.2) is 9.97 Å². The van der Waals surface area contributed by atoms with Gasteiger partial charge in [0.15, 0.2) is 11.6 Å². The van der Waals surface area contributed by atoms with Crippen molar-refractivity contribution in [3.63, 3.8) is 0 Å². The average Bonchev–Trinajstić information content (AvgIpc) is 2.37. The van der Waals surface area contributed by atoms with E-state index >= 15 is 0 Å². The molecule has 94 valence electrons. The Kier molecular flexibility index (Phi) is 3.33. The highest BCUT2D eigenvalue weighted by Crippen LogP contribution is 2.24. The topological polar surface area (TPSA) is 75.9 Å². The highest BCUT2D eigenvalue weighted by Gasteiger charge is 2.11. The molecule has 2 aromatic rings. The summed E-state index contributed by atoms with van der Waals surface area (Å²) in [6.07, 6.45) is 1.27. The Morgan fingerprint density at radius 2 is 1.89 bits per heavy atom. The van der Waals surface area contributed by atoms with Crippen molar-refractivity contribution < 1.29 is 8.78 Å². The standard InChI is InChI=1S/C11H11F2N5/c1-6-10(15-5-16-11(6)18-14)17-8-4-2-3-7(12)9(8)13/h2-5H,14H2,1H3,(H2,15,16,17,18). The van der Waals surface area contributed by atoms with Gasteiger partial charge in [0.25, 0.3) is 0 Å². The number of nitrogens with two attached hydrogens (primary N) is 1. The predicted octanol–water partition coefficient (Wildman–Crippen LogP) is 2.09. The summed E-state index contributed by atoms with van der Waals surface area (Å²) in [5, 5.41) is 2.69. The van der Waals surface area contributed by atoms with Gasteiger partial charge in [0, 0.05) is 5.56 Å². The fourth-order valence-electron chi connectivity index (χ4n) is 1.45. The van der Waals surface area contributed by atoms with Gasteiger partial charge < -0.3 is 10.7 Å². The summed E-state index contributed by atoms with van der Waals surface area (Å²) in [5.41, 5.74) is 2.99. The molecule has 0 amide bonds. The Bertz CT molecular complexity index is 573. The summed E-state index contributed by atoms with van der Waals surface area (Å²) in [6, 6.07) is 3.86. The van der Waals surface area contributed by atoms with Crippen molar-refractivity contribution in [3.8, 4) is 0 Å². The number of nitrogens with zero attached hydrogens (tertiary/aromatic N) is 2. The number of nitrogen functional groups attached to an aromatic ring is 1. The van der Waals surface area contributed by atoms with Crippen molar-refractivity contribution in [2.75, 3.05) is 10.7 Å². The molecule has 0 aliphatic carbocycles. The van der Waals surface area contributed by atoms with Crippen molar-refractivity contribution in [2.24, 2.45) is 5.84 Å². The number of hydrazine groups is 1. The minimum Gasteiger partial charge on any atom is -0.337 e. The molecule has 18 heavy (non-hydrogen) atoms. The van der Waals surface area contributed by atoms with Gasteiger partial charge in [-0.2, -0.15) is 0 Å². The van der Waals surface area contributed by atoms with Gasteiger partial charge in [-0.15, -0.1) is 0 Å². The van der Waals surface area contributed by atoms with E-state index in [-0.39, 0.29) is 5.69 Å². The van der Waals surface area contributed by atoms with Crippen molar-refractivity contribution in [1.82, 2.24) is 9.97 Å². The van der Waals surface area contributed by atoms with Crippen LogP contribution >= 0.6 is 0 Å². The van der Waals surface area contributed by atoms with E-state index in [2.05, 4.69) is 20.7 Å². The summed E-state index contributed by atoms with van der Waals surface area (Å²) >= 11 is 0. The summed E-state index contributed by atoms with van der Waals surface area (Å²) in [4.78, 5) is 7.83. The second-order valence-corrected chi connectivity index (χ2v) is 3.57. The van der Waals surface area contributed by atoms with Crippen molar-refractivity contribution in [2.45, 2.75) is 6.92 Å². The lowest BCUT2D eigenvalue weighted by Crippen LogP contribution is -2.12. The van der Waals surface area contributed by atoms with Gasteiger partial charge in [0.1, 0.15) is 18.0 Å². The minimum atomic E-state index is -0.960. The summed E-state index contributed by atoms with van der Waals surface area (Å²) in [6.45, 7) is 1.70. The highest BCUT2D eigenvalue weighted by atomic mass is 19.2. The summed E-state index contributed by atoms with van der Waals surface area (Å²) < 4.78 is 26.5. The van der Waals surface area contributed by atoms with Crippen LogP contribution in [0.2, 0.25) is 0 Å². The van der Waals surface area contributed by atoms with E-state index in [9.17, 15) is 8.78 Å². The molecule has 7 heteroatoms. The third-order valence-corrected chi connectivity index (χ3v) is 2.43. The second kappa shape index (κ2) is 4.92. The first kappa shape index (κ1) is 12.2. The lowest BCUT2D eigenvalue weighted by Gasteiger charge is -2.11. The molecule has 0 bridgehead atoms. The number of anilines is 3. The normalized spacial score (nSPS) is 10.2. The van der Waals surface area contributed by atoms with Crippen molar-refractivity contribution >= 4 is 17.3 Å². The maximum absolute atomic E-state index is 13.5. The van der Waals surface area contributed by atoms with Gasteiger partial charge in [0.05, 0.1) is 5.69 Å². The third-order valence-electron chi connectivity index (χ3n) is 2.43. The van der Waals surface area contributed by atoms with Crippen LogP contribution in [0.1, 0.15) is 5.56 Å². The smallest absolute Gasteiger partial charge is 0.182 e. The number of halogens is 2. The van der Waals surface area contributed by atoms with Gasteiger partial charge in [0.2, 0.25) is 0 Å². The molecule has 1 aromatic heterocycles. The zero-order valence-corrected chi connectivity index (χ0v) is 9.54. The van der Waals surface area contributed by atoms with Gasteiger partial charge in [-0.1, -0.05) is 6.07 Å². The fourth-order valence-corrected chi connectivity index (χ4v) is 1.45. The van der Waals surface area contributed by atoms with E-state index in [1.54, 1.807) is 6.92 Å². The molecule has 0 unspecified atom stereocenters. The molecule has 0 spiro atoms. The van der Waals surface area contributed by atoms with Gasteiger partial charge in [-0.25, -0.2) is 24.6 Å². The molecule has 0 aliphatic rings. The zero-order chi connectivity index (χ0) is 13.1. The third kappa shape index (κ3) is 2.21. The molecule has 0 saturated heterocycles. The van der Waals surface area contributed by atoms with E-state index < -0.39 is 11.6 Å². The zero-order valence-electron chi connectivity index (χ0n) is 9.54. The molecule has 0 radical (unpaired) electrons. The van der Waals surface area contributed by atoms with Gasteiger partial charge >= 0.3 is 0 Å². The van der Waals surface area contributed by atoms with Crippen LogP contribution in [-0.2, 0) is 0 Å². The lowest BCUT2D eigenvalue weighted by molar-refractivity contribution is 0.511. The molecule has 1 aromatic carbocycles. The van der Waals surface area contributed by atoms with Gasteiger partial charge in [-0.05, 0) is 19.1 Å². The molecular formula is C11H11F2N5. The quantitative estimate of drug-likeness (QED) is 0.575. The largest absolute Gasteiger partial charge is 0.337 e. The van der Waals surface area contributed by atoms with Crippen LogP contribution in [0, 0.1) is 18.6 Å². The Balaban J connectivity index is 2.37. The molecule has 0 atom stereocenters. The number of hydrogen-bond acceptors (Lipinski definition) is 5. The Morgan fingerprint density at radius 3 is 2.61 bits per heavy atom. The SMILES string of the molecule is Cc1c(NN)ncnc1Nc1cccc(F)c1F. The van der Waals surface area contributed by atoms with E-state index in [0.717, 1.165) is 6.07 Å². The fraction of sp³-hybridized carbons (Fsp3) is 0.0909. The van der Waals surface area contributed by atoms with Crippen LogP contribution in [0.25, 0.3) is 0 Å². The summed E-state index contributed by atoms with van der Waals surface area (Å²) in [7, 11) is 0. The highest BCUT2D eigenvalue weighted by molar-refractivity contribution is 5.64. The van der Waals surface area contributed by atoms with E-state index in [4.69, 9.17) is 5.84 Å². The molecule has 4 N–H and O–H groups in total. The van der Waals surface area contributed by atoms with Crippen LogP contribution in [0.3, 0.4) is 0 Å². The Morgan fingerprint density at radius 1 is 1.17 bits per heavy atom. The van der Waals surface area contributed by atoms with Gasteiger partial charge in [-0.3, -0.25) is 0 Å². The molecular weight excluding hydrogens is 240 g/mol. The first-order valence-electron chi connectivity index (χ1n) is 5.12. The van der Waals surface area contributed by atoms with E-state index in [0.29, 0.717) is 17.2 Å². The Labute approximate surface area is 102 Å². The molecule has 2 rings (SSSR count). The first-order chi connectivity index (χ1) is 8.63. The lowest BCUT2D eigenvalue weighted by atomic mass is 10.2. The van der Waals surface area contributed by atoms with Crippen LogP contribution < -0.4 is 16.6 Å². The molecule has 0 aliphatic heterocycles. The maximum Gasteiger partial charge on any atom is 0.182 e. The molecule has 0 fully saturated rings. The first-order valence-corrected chi connectivity index (χ1v) is 5.12. The van der Waals surface area contributed by atoms with Crippen LogP contribution in [0.4, 0.5) is 26.1 Å². The van der Waals surface area contributed by atoms with Crippen LogP contribution in [0.5, 0.6) is 0 Å². The van der Waals surface area contributed by atoms with E-state index in [1.165, 1.54) is 18.5 Å². The number of hydrogen-bond donors (Lipinski definition) is 3. The number of nitrogens with one attached hydrogen (secondary N) is 2. The average molecular weight is 251 g/mol. The molecule has 5 nitrogen and oxygen atoms in total. The maximum atomic E-state index is 13.5. The monoisotopic (exact) mass is 251 g/mol. The number of benzene rings is 1. The minimum absolute atomic E-state index is 0.000212. The second-order valence-electron chi connectivity index (χ2n) is 3.57. The Hall–Kier alpha value is -2.28. The van der Waals surface area contributed by atoms with E-state index in [1.807, 2.05) is 0 Å². The summed E-state index contributed by atoms with van der Waals surface area (Å²) in [5.74, 6) is 4.13. The van der Waals surface area contributed by atoms with Crippen molar-refractivity contribution in [1.29, 1.82) is 0 Å². The number of rotatable bonds is 3. The van der Waals surface area contributed by atoms with Crippen LogP contribution in [0.15, 0.2) is 24.5 Å². The molecule has 1 heterocycles. The number of aromatic nitrogens is 2. The molecule has 0 saturated carbocycles. The predicted molar refractivity (Wildman–Crippen MR) is 64.2 cm³/mol.